The van der Waals surface area contributed by atoms with E-state index in [0.717, 1.165) is 18.9 Å². The van der Waals surface area contributed by atoms with Gasteiger partial charge < -0.3 is 14.0 Å². The molecule has 1 amide bonds. The lowest BCUT2D eigenvalue weighted by Crippen LogP contribution is -2.42. The molecule has 1 unspecified atom stereocenters. The minimum absolute atomic E-state index is 0.139. The van der Waals surface area contributed by atoms with E-state index in [2.05, 4.69) is 28.7 Å². The van der Waals surface area contributed by atoms with Gasteiger partial charge in [0.15, 0.2) is 0 Å². The quantitative estimate of drug-likeness (QED) is 0.821. The molecule has 3 rings (SSSR count). The lowest BCUT2D eigenvalue weighted by Gasteiger charge is -2.35. The van der Waals surface area contributed by atoms with Crippen molar-refractivity contribution in [1.29, 1.82) is 0 Å². The van der Waals surface area contributed by atoms with E-state index in [-0.39, 0.29) is 11.9 Å². The van der Waals surface area contributed by atoms with Crippen LogP contribution in [-0.4, -0.2) is 31.5 Å². The Morgan fingerprint density at radius 2 is 2.26 bits per heavy atom. The Morgan fingerprint density at radius 1 is 1.42 bits per heavy atom. The van der Waals surface area contributed by atoms with Crippen LogP contribution in [0.2, 0.25) is 0 Å². The molecule has 0 radical (unpaired) electrons. The second-order valence-electron chi connectivity index (χ2n) is 4.99. The van der Waals surface area contributed by atoms with E-state index in [1.807, 2.05) is 28.7 Å². The zero-order valence-corrected chi connectivity index (χ0v) is 11.3. The Labute approximate surface area is 112 Å². The Balaban J connectivity index is 1.77. The molecule has 2 aromatic rings. The molecule has 0 spiro atoms. The van der Waals surface area contributed by atoms with Crippen LogP contribution in [0.4, 0.5) is 0 Å². The van der Waals surface area contributed by atoms with E-state index >= 15 is 0 Å². The van der Waals surface area contributed by atoms with Crippen LogP contribution >= 0.6 is 0 Å². The van der Waals surface area contributed by atoms with Crippen molar-refractivity contribution in [2.75, 3.05) is 6.54 Å². The molecule has 3 heterocycles. The van der Waals surface area contributed by atoms with E-state index in [1.165, 1.54) is 5.69 Å². The van der Waals surface area contributed by atoms with Crippen molar-refractivity contribution in [2.24, 2.45) is 0 Å². The average Bonchev–Trinajstić information content (AvgIpc) is 3.00. The van der Waals surface area contributed by atoms with Crippen molar-refractivity contribution < 1.29 is 4.79 Å². The third-order valence-electron chi connectivity index (χ3n) is 3.89. The third kappa shape index (κ3) is 2.05. The Bertz CT molecular complexity index is 598. The maximum Gasteiger partial charge on any atom is 0.243 e. The SMILES string of the molecule is Cc1nccn1CC(=O)N1CCn2cccc2C1C. The van der Waals surface area contributed by atoms with E-state index in [4.69, 9.17) is 0 Å². The van der Waals surface area contributed by atoms with Gasteiger partial charge >= 0.3 is 0 Å². The molecule has 19 heavy (non-hydrogen) atoms. The maximum atomic E-state index is 12.4. The number of carbonyl (C=O) groups is 1. The molecule has 100 valence electrons. The summed E-state index contributed by atoms with van der Waals surface area (Å²) in [5, 5.41) is 0. The number of aryl methyl sites for hydroxylation is 1. The van der Waals surface area contributed by atoms with Gasteiger partial charge in [0.25, 0.3) is 0 Å². The molecule has 5 heteroatoms. The first-order valence-electron chi connectivity index (χ1n) is 6.59. The van der Waals surface area contributed by atoms with Gasteiger partial charge in [-0.1, -0.05) is 0 Å². The fourth-order valence-electron chi connectivity index (χ4n) is 2.73. The predicted octanol–water partition coefficient (Wildman–Crippen LogP) is 1.60. The van der Waals surface area contributed by atoms with E-state index in [0.29, 0.717) is 6.54 Å². The fourth-order valence-corrected chi connectivity index (χ4v) is 2.73. The molecule has 0 saturated carbocycles. The number of aromatic nitrogens is 3. The molecule has 0 N–H and O–H groups in total. The minimum atomic E-state index is 0.139. The fraction of sp³-hybridized carbons (Fsp3) is 0.429. The number of nitrogens with zero attached hydrogens (tertiary/aromatic N) is 4. The predicted molar refractivity (Wildman–Crippen MR) is 71.5 cm³/mol. The molecule has 0 fully saturated rings. The summed E-state index contributed by atoms with van der Waals surface area (Å²) in [7, 11) is 0. The zero-order valence-electron chi connectivity index (χ0n) is 11.3. The van der Waals surface area contributed by atoms with Crippen LogP contribution in [0.15, 0.2) is 30.7 Å². The van der Waals surface area contributed by atoms with Crippen molar-refractivity contribution in [3.8, 4) is 0 Å². The molecule has 1 atom stereocenters. The smallest absolute Gasteiger partial charge is 0.243 e. The molecule has 0 bridgehead atoms. The molecular weight excluding hydrogens is 240 g/mol. The highest BCUT2D eigenvalue weighted by Gasteiger charge is 2.27. The number of rotatable bonds is 2. The van der Waals surface area contributed by atoms with Crippen molar-refractivity contribution in [1.82, 2.24) is 19.0 Å². The van der Waals surface area contributed by atoms with E-state index < -0.39 is 0 Å². The topological polar surface area (TPSA) is 43.1 Å². The maximum absolute atomic E-state index is 12.4. The minimum Gasteiger partial charge on any atom is -0.348 e. The highest BCUT2D eigenvalue weighted by Crippen LogP contribution is 2.25. The highest BCUT2D eigenvalue weighted by atomic mass is 16.2. The first kappa shape index (κ1) is 12.0. The van der Waals surface area contributed by atoms with Gasteiger partial charge in [0, 0.05) is 37.4 Å². The van der Waals surface area contributed by atoms with Crippen molar-refractivity contribution >= 4 is 5.91 Å². The van der Waals surface area contributed by atoms with Crippen LogP contribution < -0.4 is 0 Å². The van der Waals surface area contributed by atoms with E-state index in [1.54, 1.807) is 6.20 Å². The second kappa shape index (κ2) is 4.57. The van der Waals surface area contributed by atoms with Crippen LogP contribution in [0.5, 0.6) is 0 Å². The van der Waals surface area contributed by atoms with Gasteiger partial charge in [-0.25, -0.2) is 4.98 Å². The number of hydrogen-bond acceptors (Lipinski definition) is 2. The number of fused-ring (bicyclic) bond motifs is 1. The van der Waals surface area contributed by atoms with Gasteiger partial charge in [-0.15, -0.1) is 0 Å². The van der Waals surface area contributed by atoms with Crippen molar-refractivity contribution in [3.63, 3.8) is 0 Å². The highest BCUT2D eigenvalue weighted by molar-refractivity contribution is 5.76. The summed E-state index contributed by atoms with van der Waals surface area (Å²) < 4.78 is 4.11. The molecule has 2 aromatic heterocycles. The molecule has 5 nitrogen and oxygen atoms in total. The van der Waals surface area contributed by atoms with Crippen molar-refractivity contribution in [2.45, 2.75) is 33.0 Å². The van der Waals surface area contributed by atoms with Crippen LogP contribution in [0.1, 0.15) is 24.5 Å². The van der Waals surface area contributed by atoms with Gasteiger partial charge in [-0.3, -0.25) is 4.79 Å². The van der Waals surface area contributed by atoms with Crippen molar-refractivity contribution in [3.05, 3.63) is 42.2 Å². The lowest BCUT2D eigenvalue weighted by molar-refractivity contribution is -0.135. The molecule has 1 aliphatic heterocycles. The van der Waals surface area contributed by atoms with Gasteiger partial charge in [0.2, 0.25) is 5.91 Å². The molecule has 1 aliphatic rings. The standard InChI is InChI=1S/C14H18N4O/c1-11-13-4-3-6-16(13)8-9-18(11)14(19)10-17-7-5-15-12(17)2/h3-7,11H,8-10H2,1-2H3. The number of amides is 1. The second-order valence-corrected chi connectivity index (χ2v) is 4.99. The van der Waals surface area contributed by atoms with Gasteiger partial charge in [-0.05, 0) is 26.0 Å². The summed E-state index contributed by atoms with van der Waals surface area (Å²) in [5.74, 6) is 1.03. The summed E-state index contributed by atoms with van der Waals surface area (Å²) in [4.78, 5) is 18.5. The molecular formula is C14H18N4O. The first-order valence-corrected chi connectivity index (χ1v) is 6.59. The summed E-state index contributed by atoms with van der Waals surface area (Å²) >= 11 is 0. The summed E-state index contributed by atoms with van der Waals surface area (Å²) in [6.45, 7) is 6.02. The van der Waals surface area contributed by atoms with Gasteiger partial charge in [-0.2, -0.15) is 0 Å². The average molecular weight is 258 g/mol. The zero-order chi connectivity index (χ0) is 13.4. The van der Waals surface area contributed by atoms with Crippen LogP contribution in [0, 0.1) is 6.92 Å². The molecule has 0 saturated heterocycles. The largest absolute Gasteiger partial charge is 0.348 e. The number of hydrogen-bond donors (Lipinski definition) is 0. The lowest BCUT2D eigenvalue weighted by atomic mass is 10.1. The molecule has 0 aromatic carbocycles. The molecule has 0 aliphatic carbocycles. The third-order valence-corrected chi connectivity index (χ3v) is 3.89. The van der Waals surface area contributed by atoms with E-state index in [9.17, 15) is 4.79 Å². The van der Waals surface area contributed by atoms with Gasteiger partial charge in [0.1, 0.15) is 12.4 Å². The van der Waals surface area contributed by atoms with Crippen LogP contribution in [0.25, 0.3) is 0 Å². The summed E-state index contributed by atoms with van der Waals surface area (Å²) in [5.41, 5.74) is 1.21. The number of carbonyl (C=O) groups excluding carboxylic acids is 1. The Kier molecular flexibility index (Phi) is 2.89. The summed E-state index contributed by atoms with van der Waals surface area (Å²) in [6.07, 6.45) is 5.66. The van der Waals surface area contributed by atoms with Crippen LogP contribution in [-0.2, 0) is 17.9 Å². The summed E-state index contributed by atoms with van der Waals surface area (Å²) in [6, 6.07) is 4.27. The number of imidazole rings is 1. The monoisotopic (exact) mass is 258 g/mol. The van der Waals surface area contributed by atoms with Gasteiger partial charge in [0.05, 0.1) is 6.04 Å². The normalized spacial score (nSPS) is 18.4. The Hall–Kier alpha value is -2.04. The first-order chi connectivity index (χ1) is 9.16. The Morgan fingerprint density at radius 3 is 3.00 bits per heavy atom. The van der Waals surface area contributed by atoms with Crippen LogP contribution in [0.3, 0.4) is 0 Å².